The Morgan fingerprint density at radius 3 is 2.19 bits per heavy atom. The van der Waals surface area contributed by atoms with Gasteiger partial charge in [0.25, 0.3) is 11.8 Å². The lowest BCUT2D eigenvalue weighted by Crippen LogP contribution is -2.49. The van der Waals surface area contributed by atoms with Crippen molar-refractivity contribution in [3.05, 3.63) is 12.2 Å². The Morgan fingerprint density at radius 1 is 1.12 bits per heavy atom. The van der Waals surface area contributed by atoms with E-state index in [0.29, 0.717) is 5.06 Å². The standard InChI is InChI=1S/C17H21NO8/c1-16(2)23-6-17(3,7-24-16)15(21)22-8-25-18-13(19)11-9-4-5-10(26-9)12(11)14(18)20/h4-5,9-12H,6-8H2,1-3H3/t9?,10?,11-,12+. The Balaban J connectivity index is 1.31. The third-order valence-electron chi connectivity index (χ3n) is 5.21. The van der Waals surface area contributed by atoms with Crippen LogP contribution in [-0.2, 0) is 38.2 Å². The first-order chi connectivity index (χ1) is 12.2. The van der Waals surface area contributed by atoms with E-state index in [4.69, 9.17) is 23.8 Å². The summed E-state index contributed by atoms with van der Waals surface area (Å²) in [5.74, 6) is -3.40. The Kier molecular flexibility index (Phi) is 3.96. The lowest BCUT2D eigenvalue weighted by atomic mass is 9.85. The number of ether oxygens (including phenoxy) is 4. The van der Waals surface area contributed by atoms with Gasteiger partial charge < -0.3 is 18.9 Å². The van der Waals surface area contributed by atoms with Gasteiger partial charge in [-0.15, -0.1) is 5.06 Å². The number of fused-ring (bicyclic) bond motifs is 5. The van der Waals surface area contributed by atoms with Crippen molar-refractivity contribution >= 4 is 17.8 Å². The molecule has 142 valence electrons. The van der Waals surface area contributed by atoms with Crippen LogP contribution in [0.2, 0.25) is 0 Å². The number of esters is 1. The van der Waals surface area contributed by atoms with Gasteiger partial charge in [-0.3, -0.25) is 14.4 Å². The van der Waals surface area contributed by atoms with E-state index in [9.17, 15) is 14.4 Å². The van der Waals surface area contributed by atoms with Gasteiger partial charge >= 0.3 is 5.97 Å². The molecule has 9 nitrogen and oxygen atoms in total. The fourth-order valence-electron chi connectivity index (χ4n) is 3.58. The Hall–Kier alpha value is -1.81. The summed E-state index contributed by atoms with van der Waals surface area (Å²) in [6, 6.07) is 0. The van der Waals surface area contributed by atoms with Crippen LogP contribution in [-0.4, -0.2) is 60.8 Å². The normalized spacial score (nSPS) is 36.5. The summed E-state index contributed by atoms with van der Waals surface area (Å²) in [5.41, 5.74) is -0.981. The first-order valence-electron chi connectivity index (χ1n) is 8.52. The Bertz CT molecular complexity index is 646. The molecule has 4 rings (SSSR count). The maximum atomic E-state index is 12.4. The average molecular weight is 367 g/mol. The van der Waals surface area contributed by atoms with Gasteiger partial charge in [0.1, 0.15) is 5.41 Å². The van der Waals surface area contributed by atoms with Crippen molar-refractivity contribution in [1.82, 2.24) is 5.06 Å². The highest BCUT2D eigenvalue weighted by molar-refractivity contribution is 6.05. The van der Waals surface area contributed by atoms with Crippen molar-refractivity contribution in [2.75, 3.05) is 20.0 Å². The van der Waals surface area contributed by atoms with Gasteiger partial charge in [0.15, 0.2) is 5.79 Å². The van der Waals surface area contributed by atoms with E-state index in [1.54, 1.807) is 32.9 Å². The van der Waals surface area contributed by atoms with Gasteiger partial charge in [-0.05, 0) is 20.8 Å². The molecule has 2 amide bonds. The second-order valence-corrected chi connectivity index (χ2v) is 7.69. The van der Waals surface area contributed by atoms with Crippen LogP contribution in [0.1, 0.15) is 20.8 Å². The molecule has 0 saturated carbocycles. The van der Waals surface area contributed by atoms with Crippen LogP contribution in [0.15, 0.2) is 12.2 Å². The zero-order valence-corrected chi connectivity index (χ0v) is 14.8. The van der Waals surface area contributed by atoms with Gasteiger partial charge in [0, 0.05) is 0 Å². The van der Waals surface area contributed by atoms with E-state index in [-0.39, 0.29) is 13.2 Å². The van der Waals surface area contributed by atoms with Crippen LogP contribution < -0.4 is 0 Å². The number of hydroxylamine groups is 2. The molecule has 2 unspecified atom stereocenters. The predicted molar refractivity (Wildman–Crippen MR) is 82.8 cm³/mol. The van der Waals surface area contributed by atoms with E-state index in [1.165, 1.54) is 0 Å². The number of rotatable bonds is 4. The van der Waals surface area contributed by atoms with Crippen LogP contribution in [0, 0.1) is 17.3 Å². The molecule has 4 atom stereocenters. The molecule has 4 aliphatic heterocycles. The molecule has 26 heavy (non-hydrogen) atoms. The van der Waals surface area contributed by atoms with Crippen molar-refractivity contribution in [3.8, 4) is 0 Å². The molecule has 3 saturated heterocycles. The topological polar surface area (TPSA) is 101 Å². The van der Waals surface area contributed by atoms with Crippen molar-refractivity contribution < 1.29 is 38.2 Å². The quantitative estimate of drug-likeness (QED) is 0.299. The molecule has 0 radical (unpaired) electrons. The highest BCUT2D eigenvalue weighted by Gasteiger charge is 2.61. The van der Waals surface area contributed by atoms with Crippen LogP contribution in [0.5, 0.6) is 0 Å². The fraction of sp³-hybridized carbons (Fsp3) is 0.706. The SMILES string of the molecule is CC1(C)OCC(C)(C(=O)OCON2C(=O)[C@@H]3C4C=CC(O4)[C@@H]3C2=O)CO1. The molecule has 0 aromatic rings. The van der Waals surface area contributed by atoms with E-state index in [0.717, 1.165) is 0 Å². The van der Waals surface area contributed by atoms with Gasteiger partial charge in [-0.1, -0.05) is 12.2 Å². The summed E-state index contributed by atoms with van der Waals surface area (Å²) in [7, 11) is 0. The number of imide groups is 1. The molecule has 3 fully saturated rings. The lowest BCUT2D eigenvalue weighted by Gasteiger charge is -2.39. The number of carbonyl (C=O) groups is 3. The molecular formula is C17H21NO8. The molecule has 4 heterocycles. The summed E-state index contributed by atoms with van der Waals surface area (Å²) >= 11 is 0. The highest BCUT2D eigenvalue weighted by Crippen LogP contribution is 2.45. The third kappa shape index (κ3) is 2.66. The summed E-state index contributed by atoms with van der Waals surface area (Å²) < 4.78 is 21.6. The monoisotopic (exact) mass is 367 g/mol. The number of carbonyl (C=O) groups excluding carboxylic acids is 3. The molecule has 0 aromatic heterocycles. The van der Waals surface area contributed by atoms with Gasteiger partial charge in [0.2, 0.25) is 6.79 Å². The number of nitrogens with zero attached hydrogens (tertiary/aromatic N) is 1. The van der Waals surface area contributed by atoms with Crippen LogP contribution in [0.3, 0.4) is 0 Å². The van der Waals surface area contributed by atoms with Crippen LogP contribution in [0.4, 0.5) is 0 Å². The smallest absolute Gasteiger partial charge is 0.318 e. The molecule has 2 bridgehead atoms. The third-order valence-corrected chi connectivity index (χ3v) is 5.21. The van der Waals surface area contributed by atoms with E-state index >= 15 is 0 Å². The zero-order chi connectivity index (χ0) is 18.7. The van der Waals surface area contributed by atoms with Crippen molar-refractivity contribution in [1.29, 1.82) is 0 Å². The predicted octanol–water partition coefficient (Wildman–Crippen LogP) is 0.146. The molecule has 4 aliphatic rings. The highest BCUT2D eigenvalue weighted by atomic mass is 16.8. The molecule has 9 heteroatoms. The Morgan fingerprint density at radius 2 is 1.65 bits per heavy atom. The van der Waals surface area contributed by atoms with Gasteiger partial charge in [-0.25, -0.2) is 4.84 Å². The van der Waals surface area contributed by atoms with E-state index in [2.05, 4.69) is 0 Å². The van der Waals surface area contributed by atoms with E-state index in [1.807, 2.05) is 0 Å². The molecular weight excluding hydrogens is 346 g/mol. The number of amides is 2. The summed E-state index contributed by atoms with van der Waals surface area (Å²) in [4.78, 5) is 42.2. The average Bonchev–Trinajstić information content (AvgIpc) is 3.27. The van der Waals surface area contributed by atoms with Crippen LogP contribution >= 0.6 is 0 Å². The second-order valence-electron chi connectivity index (χ2n) is 7.69. The lowest BCUT2D eigenvalue weighted by molar-refractivity contribution is -0.285. The van der Waals surface area contributed by atoms with Crippen molar-refractivity contribution in [2.45, 2.75) is 38.8 Å². The van der Waals surface area contributed by atoms with Gasteiger partial charge in [-0.2, -0.15) is 0 Å². The molecule has 0 spiro atoms. The minimum Gasteiger partial charge on any atom is -0.436 e. The van der Waals surface area contributed by atoms with Crippen molar-refractivity contribution in [2.24, 2.45) is 17.3 Å². The fourth-order valence-corrected chi connectivity index (χ4v) is 3.58. The van der Waals surface area contributed by atoms with Crippen LogP contribution in [0.25, 0.3) is 0 Å². The first-order valence-corrected chi connectivity index (χ1v) is 8.52. The first kappa shape index (κ1) is 17.6. The molecule has 0 aromatic carbocycles. The van der Waals surface area contributed by atoms with Crippen molar-refractivity contribution in [3.63, 3.8) is 0 Å². The minimum atomic E-state index is -0.981. The van der Waals surface area contributed by atoms with Gasteiger partial charge in [0.05, 0.1) is 37.3 Å². The maximum absolute atomic E-state index is 12.4. The molecule has 0 aliphatic carbocycles. The second kappa shape index (κ2) is 5.85. The summed E-state index contributed by atoms with van der Waals surface area (Å²) in [6.45, 7) is 4.90. The number of hydrogen-bond donors (Lipinski definition) is 0. The summed E-state index contributed by atoms with van der Waals surface area (Å²) in [5, 5.41) is 0.692. The summed E-state index contributed by atoms with van der Waals surface area (Å²) in [6.07, 6.45) is 2.78. The zero-order valence-electron chi connectivity index (χ0n) is 14.8. The number of hydrogen-bond acceptors (Lipinski definition) is 8. The minimum absolute atomic E-state index is 0.136. The maximum Gasteiger partial charge on any atom is 0.318 e. The largest absolute Gasteiger partial charge is 0.436 e. The molecule has 0 N–H and O–H groups in total. The van der Waals surface area contributed by atoms with E-state index < -0.39 is 59.8 Å². The Labute approximate surface area is 150 Å².